The van der Waals surface area contributed by atoms with Crippen molar-refractivity contribution < 1.29 is 13.9 Å². The van der Waals surface area contributed by atoms with Crippen LogP contribution in [-0.4, -0.2) is 45.3 Å². The molecule has 27 heavy (non-hydrogen) atoms. The van der Waals surface area contributed by atoms with Gasteiger partial charge < -0.3 is 20.3 Å². The summed E-state index contributed by atoms with van der Waals surface area (Å²) in [5.41, 5.74) is 1.32. The number of halogens is 3. The molecule has 2 unspecified atom stereocenters. The molecule has 0 aliphatic carbocycles. The average Bonchev–Trinajstić information content (AvgIpc) is 2.62. The third-order valence-electron chi connectivity index (χ3n) is 5.19. The van der Waals surface area contributed by atoms with Gasteiger partial charge in [0.05, 0.1) is 13.2 Å². The summed E-state index contributed by atoms with van der Waals surface area (Å²) >= 11 is 0. The van der Waals surface area contributed by atoms with Gasteiger partial charge in [-0.2, -0.15) is 0 Å². The van der Waals surface area contributed by atoms with E-state index < -0.39 is 0 Å². The van der Waals surface area contributed by atoms with Gasteiger partial charge in [0.25, 0.3) is 0 Å². The highest BCUT2D eigenvalue weighted by Crippen LogP contribution is 2.25. The molecular weight excluding hydrogens is 392 g/mol. The highest BCUT2D eigenvalue weighted by atomic mass is 35.5. The number of amides is 1. The third-order valence-corrected chi connectivity index (χ3v) is 5.19. The number of morpholine rings is 1. The summed E-state index contributed by atoms with van der Waals surface area (Å²) in [4.78, 5) is 14.5. The molecule has 3 rings (SSSR count). The number of rotatable bonds is 5. The molecule has 1 amide bonds. The number of carbonyl (C=O) groups excluding carboxylic acids is 1. The number of hydrogen-bond donors (Lipinski definition) is 2. The first-order valence-electron chi connectivity index (χ1n) is 9.25. The first kappa shape index (κ1) is 24.0. The monoisotopic (exact) mass is 421 g/mol. The summed E-state index contributed by atoms with van der Waals surface area (Å²) < 4.78 is 19.3. The quantitative estimate of drug-likeness (QED) is 0.763. The zero-order valence-electron chi connectivity index (χ0n) is 15.7. The van der Waals surface area contributed by atoms with E-state index in [9.17, 15) is 9.18 Å². The number of nitrogens with zero attached hydrogens (tertiary/aromatic N) is 1. The minimum absolute atomic E-state index is 0. The fourth-order valence-corrected chi connectivity index (χ4v) is 3.69. The Balaban J connectivity index is 0.00000182. The van der Waals surface area contributed by atoms with Crippen LogP contribution in [0.4, 0.5) is 15.8 Å². The Bertz CT molecular complexity index is 594. The summed E-state index contributed by atoms with van der Waals surface area (Å²) in [7, 11) is 0. The van der Waals surface area contributed by atoms with E-state index in [1.807, 2.05) is 6.07 Å². The van der Waals surface area contributed by atoms with Crippen LogP contribution in [0.25, 0.3) is 0 Å². The van der Waals surface area contributed by atoms with Gasteiger partial charge in [-0.15, -0.1) is 24.8 Å². The maximum absolute atomic E-state index is 14.0. The Labute approximate surface area is 173 Å². The van der Waals surface area contributed by atoms with E-state index in [-0.39, 0.29) is 36.5 Å². The van der Waals surface area contributed by atoms with Crippen LogP contribution >= 0.6 is 24.8 Å². The van der Waals surface area contributed by atoms with Crippen molar-refractivity contribution in [2.45, 2.75) is 26.2 Å². The van der Waals surface area contributed by atoms with Crippen LogP contribution < -0.4 is 15.5 Å². The molecule has 0 aromatic heterocycles. The topological polar surface area (TPSA) is 53.6 Å². The molecule has 2 atom stereocenters. The van der Waals surface area contributed by atoms with E-state index in [0.717, 1.165) is 31.9 Å². The molecular formula is C19H30Cl2FN3O2. The minimum Gasteiger partial charge on any atom is -0.378 e. The van der Waals surface area contributed by atoms with Crippen molar-refractivity contribution in [1.82, 2.24) is 5.32 Å². The summed E-state index contributed by atoms with van der Waals surface area (Å²) in [5.74, 6) is 0.483. The van der Waals surface area contributed by atoms with Gasteiger partial charge in [-0.3, -0.25) is 4.79 Å². The summed E-state index contributed by atoms with van der Waals surface area (Å²) in [6.07, 6.45) is 2.81. The van der Waals surface area contributed by atoms with Crippen molar-refractivity contribution in [1.29, 1.82) is 0 Å². The van der Waals surface area contributed by atoms with Gasteiger partial charge in [0, 0.05) is 30.9 Å². The van der Waals surface area contributed by atoms with Crippen molar-refractivity contribution in [2.75, 3.05) is 49.6 Å². The fraction of sp³-hybridized carbons (Fsp3) is 0.632. The predicted octanol–water partition coefficient (Wildman–Crippen LogP) is 3.47. The van der Waals surface area contributed by atoms with E-state index in [4.69, 9.17) is 4.74 Å². The lowest BCUT2D eigenvalue weighted by Crippen LogP contribution is -2.36. The lowest BCUT2D eigenvalue weighted by atomic mass is 9.85. The first-order valence-corrected chi connectivity index (χ1v) is 9.25. The number of carbonyl (C=O) groups is 1. The molecule has 2 aliphatic rings. The van der Waals surface area contributed by atoms with Crippen LogP contribution in [0.5, 0.6) is 0 Å². The number of anilines is 2. The fourth-order valence-electron chi connectivity index (χ4n) is 3.69. The van der Waals surface area contributed by atoms with Gasteiger partial charge in [-0.1, -0.05) is 6.92 Å². The van der Waals surface area contributed by atoms with E-state index in [2.05, 4.69) is 22.5 Å². The Morgan fingerprint density at radius 3 is 2.74 bits per heavy atom. The summed E-state index contributed by atoms with van der Waals surface area (Å²) in [6.45, 7) is 6.95. The lowest BCUT2D eigenvalue weighted by molar-refractivity contribution is -0.117. The highest BCUT2D eigenvalue weighted by Gasteiger charge is 2.22. The van der Waals surface area contributed by atoms with Crippen LogP contribution in [0.1, 0.15) is 26.2 Å². The lowest BCUT2D eigenvalue weighted by Gasteiger charge is -2.29. The second-order valence-corrected chi connectivity index (χ2v) is 7.13. The number of nitrogens with one attached hydrogen (secondary N) is 2. The molecule has 0 bridgehead atoms. The Kier molecular flexibility index (Phi) is 10.4. The molecule has 0 saturated carbocycles. The van der Waals surface area contributed by atoms with Gasteiger partial charge in [0.15, 0.2) is 0 Å². The zero-order chi connectivity index (χ0) is 17.6. The van der Waals surface area contributed by atoms with E-state index in [0.29, 0.717) is 37.2 Å². The highest BCUT2D eigenvalue weighted by molar-refractivity contribution is 5.91. The van der Waals surface area contributed by atoms with Gasteiger partial charge in [-0.05, 0) is 56.0 Å². The van der Waals surface area contributed by atoms with Crippen molar-refractivity contribution >= 4 is 42.1 Å². The van der Waals surface area contributed by atoms with Crippen molar-refractivity contribution in [3.8, 4) is 0 Å². The van der Waals surface area contributed by atoms with Crippen LogP contribution in [-0.2, 0) is 9.53 Å². The van der Waals surface area contributed by atoms with Crippen LogP contribution in [0, 0.1) is 17.7 Å². The molecule has 0 radical (unpaired) electrons. The standard InChI is InChI=1S/C19H28FN3O2.2ClH/c1-14(15-3-2-4-21-13-15)9-19(24)22-17-10-16(20)11-18(12-17)23-5-7-25-8-6-23;;/h10-12,14-15,21H,2-9,13H2,1H3,(H,22,24);2*1H. The maximum Gasteiger partial charge on any atom is 0.224 e. The second kappa shape index (κ2) is 11.7. The second-order valence-electron chi connectivity index (χ2n) is 7.13. The van der Waals surface area contributed by atoms with E-state index >= 15 is 0 Å². The Morgan fingerprint density at radius 1 is 1.33 bits per heavy atom. The molecule has 0 spiro atoms. The number of benzene rings is 1. The predicted molar refractivity (Wildman–Crippen MR) is 112 cm³/mol. The molecule has 5 nitrogen and oxygen atoms in total. The van der Waals surface area contributed by atoms with Crippen molar-refractivity contribution in [3.63, 3.8) is 0 Å². The van der Waals surface area contributed by atoms with Gasteiger partial charge in [0.2, 0.25) is 5.91 Å². The van der Waals surface area contributed by atoms with Gasteiger partial charge in [-0.25, -0.2) is 4.39 Å². The Hall–Kier alpha value is -1.08. The number of hydrogen-bond acceptors (Lipinski definition) is 4. The van der Waals surface area contributed by atoms with E-state index in [1.165, 1.54) is 25.0 Å². The molecule has 2 aliphatic heterocycles. The summed E-state index contributed by atoms with van der Waals surface area (Å²) in [5, 5.41) is 6.27. The molecule has 2 N–H and O–H groups in total. The van der Waals surface area contributed by atoms with E-state index in [1.54, 1.807) is 0 Å². The zero-order valence-corrected chi connectivity index (χ0v) is 17.3. The minimum atomic E-state index is -0.330. The summed E-state index contributed by atoms with van der Waals surface area (Å²) in [6, 6.07) is 4.74. The smallest absolute Gasteiger partial charge is 0.224 e. The molecule has 8 heteroatoms. The normalized spacial score (nSPS) is 20.8. The largest absolute Gasteiger partial charge is 0.378 e. The van der Waals surface area contributed by atoms with Crippen LogP contribution in [0.2, 0.25) is 0 Å². The Morgan fingerprint density at radius 2 is 2.07 bits per heavy atom. The molecule has 2 saturated heterocycles. The SMILES string of the molecule is CC(CC(=O)Nc1cc(F)cc(N2CCOCC2)c1)C1CCCNC1.Cl.Cl. The molecule has 2 fully saturated rings. The van der Waals surface area contributed by atoms with Crippen molar-refractivity contribution in [2.24, 2.45) is 11.8 Å². The van der Waals surface area contributed by atoms with Gasteiger partial charge in [0.1, 0.15) is 5.82 Å². The maximum atomic E-state index is 14.0. The third kappa shape index (κ3) is 7.11. The molecule has 1 aromatic rings. The van der Waals surface area contributed by atoms with Gasteiger partial charge >= 0.3 is 0 Å². The van der Waals surface area contributed by atoms with Crippen LogP contribution in [0.15, 0.2) is 18.2 Å². The van der Waals surface area contributed by atoms with Crippen LogP contribution in [0.3, 0.4) is 0 Å². The average molecular weight is 422 g/mol. The number of piperidine rings is 1. The molecule has 1 aromatic carbocycles. The first-order chi connectivity index (χ1) is 12.1. The molecule has 154 valence electrons. The van der Waals surface area contributed by atoms with Crippen molar-refractivity contribution in [3.05, 3.63) is 24.0 Å². The molecule has 2 heterocycles. The number of ether oxygens (including phenoxy) is 1.